The molecule has 14 heavy (non-hydrogen) atoms. The number of halogens is 1. The molecule has 0 spiro atoms. The van der Waals surface area contributed by atoms with Crippen LogP contribution in [-0.2, 0) is 6.54 Å². The minimum atomic E-state index is 0.439. The summed E-state index contributed by atoms with van der Waals surface area (Å²) >= 11 is 6.01. The van der Waals surface area contributed by atoms with Crippen LogP contribution in [0.4, 0.5) is 0 Å². The number of aryl methyl sites for hydroxylation is 1. The van der Waals surface area contributed by atoms with Crippen LogP contribution < -0.4 is 15.8 Å². The third-order valence-corrected chi connectivity index (χ3v) is 2.43. The van der Waals surface area contributed by atoms with Crippen molar-refractivity contribution in [3.05, 3.63) is 28.3 Å². The van der Waals surface area contributed by atoms with Crippen LogP contribution in [-0.4, -0.2) is 13.8 Å². The van der Waals surface area contributed by atoms with Crippen molar-refractivity contribution < 1.29 is 4.74 Å². The Morgan fingerprint density at radius 2 is 2.21 bits per heavy atom. The molecule has 0 bridgehead atoms. The molecule has 0 saturated carbocycles. The second-order valence-electron chi connectivity index (χ2n) is 3.04. The van der Waals surface area contributed by atoms with Gasteiger partial charge < -0.3 is 15.8 Å². The first-order valence-electron chi connectivity index (χ1n) is 4.42. The van der Waals surface area contributed by atoms with E-state index in [1.165, 1.54) is 0 Å². The maximum Gasteiger partial charge on any atom is 0.123 e. The van der Waals surface area contributed by atoms with Crippen LogP contribution in [0.1, 0.15) is 11.1 Å². The minimum absolute atomic E-state index is 0.439. The van der Waals surface area contributed by atoms with E-state index in [1.807, 2.05) is 19.1 Å². The first-order chi connectivity index (χ1) is 6.69. The monoisotopic (exact) mass is 214 g/mol. The van der Waals surface area contributed by atoms with Gasteiger partial charge in [0.25, 0.3) is 0 Å². The van der Waals surface area contributed by atoms with Gasteiger partial charge in [-0.3, -0.25) is 0 Å². The predicted octanol–water partition coefficient (Wildman–Crippen LogP) is 1.66. The summed E-state index contributed by atoms with van der Waals surface area (Å²) < 4.78 is 5.24. The first kappa shape index (κ1) is 11.3. The van der Waals surface area contributed by atoms with Gasteiger partial charge in [0.2, 0.25) is 0 Å². The normalized spacial score (nSPS) is 10.3. The summed E-state index contributed by atoms with van der Waals surface area (Å²) in [5, 5.41) is 3.77. The number of hydrogen-bond acceptors (Lipinski definition) is 3. The van der Waals surface area contributed by atoms with Gasteiger partial charge in [0, 0.05) is 23.8 Å². The van der Waals surface area contributed by atoms with E-state index >= 15 is 0 Å². The molecule has 0 fully saturated rings. The Kier molecular flexibility index (Phi) is 4.20. The molecule has 0 aromatic heterocycles. The first-order valence-corrected chi connectivity index (χ1v) is 4.80. The van der Waals surface area contributed by atoms with Crippen molar-refractivity contribution in [1.82, 2.24) is 5.32 Å². The summed E-state index contributed by atoms with van der Waals surface area (Å²) in [5.74, 6) is 0.841. The molecule has 1 aromatic carbocycles. The van der Waals surface area contributed by atoms with Gasteiger partial charge >= 0.3 is 0 Å². The van der Waals surface area contributed by atoms with E-state index < -0.39 is 0 Å². The summed E-state index contributed by atoms with van der Waals surface area (Å²) in [4.78, 5) is 0. The summed E-state index contributed by atoms with van der Waals surface area (Å²) in [6, 6.07) is 3.83. The lowest BCUT2D eigenvalue weighted by molar-refractivity contribution is 0.407. The molecular weight excluding hydrogens is 200 g/mol. The van der Waals surface area contributed by atoms with Crippen molar-refractivity contribution in [3.63, 3.8) is 0 Å². The number of nitrogens with one attached hydrogen (secondary N) is 1. The highest BCUT2D eigenvalue weighted by Crippen LogP contribution is 2.26. The molecular formula is C10H15ClN2O. The van der Waals surface area contributed by atoms with E-state index in [4.69, 9.17) is 22.1 Å². The van der Waals surface area contributed by atoms with E-state index in [2.05, 4.69) is 5.32 Å². The number of hydrogen-bond donors (Lipinski definition) is 2. The lowest BCUT2D eigenvalue weighted by Crippen LogP contribution is -2.21. The third-order valence-electron chi connectivity index (χ3n) is 2.02. The number of methoxy groups -OCH3 is 1. The van der Waals surface area contributed by atoms with Gasteiger partial charge in [-0.05, 0) is 24.6 Å². The topological polar surface area (TPSA) is 47.3 Å². The van der Waals surface area contributed by atoms with Crippen molar-refractivity contribution in [3.8, 4) is 5.75 Å². The number of nitrogens with two attached hydrogens (primary N) is 1. The molecule has 0 saturated heterocycles. The lowest BCUT2D eigenvalue weighted by atomic mass is 10.1. The second-order valence-corrected chi connectivity index (χ2v) is 3.45. The maximum atomic E-state index is 6.01. The van der Waals surface area contributed by atoms with Crippen molar-refractivity contribution >= 4 is 11.6 Å². The molecule has 0 aliphatic carbocycles. The fourth-order valence-corrected chi connectivity index (χ4v) is 1.42. The molecule has 4 heteroatoms. The fourth-order valence-electron chi connectivity index (χ4n) is 1.23. The van der Waals surface area contributed by atoms with Crippen molar-refractivity contribution in [1.29, 1.82) is 0 Å². The molecule has 1 aromatic rings. The van der Waals surface area contributed by atoms with Gasteiger partial charge in [0.15, 0.2) is 0 Å². The van der Waals surface area contributed by atoms with Crippen molar-refractivity contribution in [2.24, 2.45) is 5.73 Å². The molecule has 0 unspecified atom stereocenters. The average Bonchev–Trinajstić information content (AvgIpc) is 2.19. The van der Waals surface area contributed by atoms with E-state index in [0.717, 1.165) is 21.9 Å². The molecule has 78 valence electrons. The highest BCUT2D eigenvalue weighted by atomic mass is 35.5. The Morgan fingerprint density at radius 3 is 2.79 bits per heavy atom. The number of rotatable bonds is 4. The molecule has 1 rings (SSSR count). The average molecular weight is 215 g/mol. The van der Waals surface area contributed by atoms with Crippen LogP contribution in [0.2, 0.25) is 5.02 Å². The maximum absolute atomic E-state index is 6.01. The van der Waals surface area contributed by atoms with Gasteiger partial charge in [-0.15, -0.1) is 0 Å². The highest BCUT2D eigenvalue weighted by Gasteiger charge is 2.05. The SMILES string of the molecule is COc1cc(C)c(Cl)cc1CNCN. The Labute approximate surface area is 89.2 Å². The third kappa shape index (κ3) is 2.61. The molecule has 0 amide bonds. The highest BCUT2D eigenvalue weighted by molar-refractivity contribution is 6.31. The van der Waals surface area contributed by atoms with Gasteiger partial charge in [-0.25, -0.2) is 0 Å². The molecule has 0 aliphatic heterocycles. The zero-order valence-electron chi connectivity index (χ0n) is 8.43. The van der Waals surface area contributed by atoms with Crippen molar-refractivity contribution in [2.45, 2.75) is 13.5 Å². The quantitative estimate of drug-likeness (QED) is 0.750. The molecule has 0 aliphatic rings. The summed E-state index contributed by atoms with van der Waals surface area (Å²) in [6.07, 6.45) is 0. The Balaban J connectivity index is 2.95. The zero-order valence-corrected chi connectivity index (χ0v) is 9.19. The van der Waals surface area contributed by atoms with Crippen molar-refractivity contribution in [2.75, 3.05) is 13.8 Å². The molecule has 0 atom stereocenters. The van der Waals surface area contributed by atoms with Gasteiger partial charge in [0.05, 0.1) is 7.11 Å². The Morgan fingerprint density at radius 1 is 1.50 bits per heavy atom. The summed E-state index contributed by atoms with van der Waals surface area (Å²) in [6.45, 7) is 3.05. The molecule has 0 radical (unpaired) electrons. The predicted molar refractivity (Wildman–Crippen MR) is 58.6 cm³/mol. The Hall–Kier alpha value is -0.770. The van der Waals surface area contributed by atoms with Gasteiger partial charge in [0.1, 0.15) is 5.75 Å². The standard InChI is InChI=1S/C10H15ClN2O/c1-7-3-10(14-2)8(4-9(7)11)5-13-6-12/h3-4,13H,5-6,12H2,1-2H3. The van der Waals surface area contributed by atoms with E-state index in [9.17, 15) is 0 Å². The van der Waals surface area contributed by atoms with Crippen LogP contribution >= 0.6 is 11.6 Å². The van der Waals surface area contributed by atoms with Crippen LogP contribution in [0.3, 0.4) is 0 Å². The van der Waals surface area contributed by atoms with E-state index in [1.54, 1.807) is 7.11 Å². The minimum Gasteiger partial charge on any atom is -0.496 e. The molecule has 3 nitrogen and oxygen atoms in total. The largest absolute Gasteiger partial charge is 0.496 e. The number of ether oxygens (including phenoxy) is 1. The molecule has 3 N–H and O–H groups in total. The number of benzene rings is 1. The zero-order chi connectivity index (χ0) is 10.6. The van der Waals surface area contributed by atoms with E-state index in [0.29, 0.717) is 13.2 Å². The van der Waals surface area contributed by atoms with Crippen LogP contribution in [0.5, 0.6) is 5.75 Å². The van der Waals surface area contributed by atoms with Crippen LogP contribution in [0.25, 0.3) is 0 Å². The van der Waals surface area contributed by atoms with Crippen LogP contribution in [0, 0.1) is 6.92 Å². The summed E-state index contributed by atoms with van der Waals surface area (Å²) in [5.41, 5.74) is 7.39. The fraction of sp³-hybridized carbons (Fsp3) is 0.400. The summed E-state index contributed by atoms with van der Waals surface area (Å²) in [7, 11) is 1.65. The van der Waals surface area contributed by atoms with Gasteiger partial charge in [-0.2, -0.15) is 0 Å². The van der Waals surface area contributed by atoms with Gasteiger partial charge in [-0.1, -0.05) is 11.6 Å². The molecule has 0 heterocycles. The van der Waals surface area contributed by atoms with E-state index in [-0.39, 0.29) is 0 Å². The lowest BCUT2D eigenvalue weighted by Gasteiger charge is -2.10. The Bertz CT molecular complexity index is 315. The second kappa shape index (κ2) is 5.20. The smallest absolute Gasteiger partial charge is 0.123 e. The van der Waals surface area contributed by atoms with Crippen LogP contribution in [0.15, 0.2) is 12.1 Å².